The minimum absolute atomic E-state index is 0.0666. The standard InChI is InChI=1S/C26H30Cl2N4O3/c1-26(2,35-22-9-5-16(27)11-21(22)28)25(34)31-18-12-19-7-8-20(13-18)32(19)23-10-6-17(14-29-23)30-24(33)15-3-4-15/h5-6,9-11,14-15,18-20H,3-4,7-8,12-13H2,1-2H3,(H,30,33)(H,31,34). The molecule has 3 heterocycles. The smallest absolute Gasteiger partial charge is 0.263 e. The van der Waals surface area contributed by atoms with Crippen LogP contribution < -0.4 is 20.3 Å². The van der Waals surface area contributed by atoms with Gasteiger partial charge in [-0.1, -0.05) is 23.2 Å². The molecular weight excluding hydrogens is 487 g/mol. The maximum atomic E-state index is 13.1. The van der Waals surface area contributed by atoms with Crippen LogP contribution in [0.1, 0.15) is 52.4 Å². The lowest BCUT2D eigenvalue weighted by molar-refractivity contribution is -0.135. The summed E-state index contributed by atoms with van der Waals surface area (Å²) < 4.78 is 5.95. The molecule has 7 nitrogen and oxygen atoms in total. The van der Waals surface area contributed by atoms with Gasteiger partial charge >= 0.3 is 0 Å². The maximum Gasteiger partial charge on any atom is 0.263 e. The van der Waals surface area contributed by atoms with E-state index in [9.17, 15) is 9.59 Å². The average molecular weight is 517 g/mol. The number of piperidine rings is 1. The highest BCUT2D eigenvalue weighted by molar-refractivity contribution is 6.35. The number of fused-ring (bicyclic) bond motifs is 2. The van der Waals surface area contributed by atoms with Crippen molar-refractivity contribution in [2.45, 2.75) is 76.1 Å². The number of hydrogen-bond acceptors (Lipinski definition) is 5. The number of carbonyl (C=O) groups excluding carboxylic acids is 2. The van der Waals surface area contributed by atoms with Gasteiger partial charge in [-0.2, -0.15) is 0 Å². The Bertz CT molecular complexity index is 1110. The third-order valence-corrected chi connectivity index (χ3v) is 7.63. The number of nitrogens with one attached hydrogen (secondary N) is 2. The van der Waals surface area contributed by atoms with Gasteiger partial charge in [-0.05, 0) is 82.7 Å². The number of nitrogens with zero attached hydrogens (tertiary/aromatic N) is 2. The molecule has 2 bridgehead atoms. The molecule has 2 saturated heterocycles. The number of rotatable bonds is 7. The number of aromatic nitrogens is 1. The monoisotopic (exact) mass is 516 g/mol. The summed E-state index contributed by atoms with van der Waals surface area (Å²) in [4.78, 5) is 32.1. The third kappa shape index (κ3) is 5.36. The predicted molar refractivity (Wildman–Crippen MR) is 137 cm³/mol. The van der Waals surface area contributed by atoms with Crippen LogP contribution in [0.4, 0.5) is 11.5 Å². The molecular formula is C26H30Cl2N4O3. The molecule has 1 aromatic heterocycles. The first-order valence-corrected chi connectivity index (χ1v) is 13.0. The van der Waals surface area contributed by atoms with Crippen molar-refractivity contribution in [2.24, 2.45) is 5.92 Å². The largest absolute Gasteiger partial charge is 0.476 e. The van der Waals surface area contributed by atoms with Crippen LogP contribution in [0, 0.1) is 5.92 Å². The molecule has 2 N–H and O–H groups in total. The summed E-state index contributed by atoms with van der Waals surface area (Å²) >= 11 is 12.2. The van der Waals surface area contributed by atoms with Crippen molar-refractivity contribution >= 4 is 46.5 Å². The number of halogens is 2. The van der Waals surface area contributed by atoms with Crippen LogP contribution in [-0.4, -0.2) is 40.5 Å². The lowest BCUT2D eigenvalue weighted by atomic mass is 9.96. The van der Waals surface area contributed by atoms with E-state index in [1.165, 1.54) is 0 Å². The van der Waals surface area contributed by atoms with Crippen LogP contribution >= 0.6 is 23.2 Å². The van der Waals surface area contributed by atoms with E-state index in [4.69, 9.17) is 27.9 Å². The molecule has 9 heteroatoms. The Balaban J connectivity index is 1.19. The zero-order valence-corrected chi connectivity index (χ0v) is 21.4. The van der Waals surface area contributed by atoms with Crippen LogP contribution in [0.2, 0.25) is 10.0 Å². The molecule has 5 rings (SSSR count). The number of benzene rings is 1. The molecule has 3 fully saturated rings. The second-order valence-corrected chi connectivity index (χ2v) is 11.1. The van der Waals surface area contributed by atoms with Crippen molar-refractivity contribution in [1.82, 2.24) is 10.3 Å². The van der Waals surface area contributed by atoms with Crippen molar-refractivity contribution in [3.8, 4) is 5.75 Å². The quantitative estimate of drug-likeness (QED) is 0.527. The van der Waals surface area contributed by atoms with Gasteiger partial charge < -0.3 is 20.3 Å². The zero-order valence-electron chi connectivity index (χ0n) is 19.9. The fourth-order valence-corrected chi connectivity index (χ4v) is 5.56. The highest BCUT2D eigenvalue weighted by Crippen LogP contribution is 2.39. The molecule has 0 spiro atoms. The lowest BCUT2D eigenvalue weighted by Crippen LogP contribution is -2.55. The summed E-state index contributed by atoms with van der Waals surface area (Å²) in [6.07, 6.45) is 7.53. The number of ether oxygens (including phenoxy) is 1. The average Bonchev–Trinajstić information content (AvgIpc) is 3.62. The van der Waals surface area contributed by atoms with Gasteiger partial charge in [0.2, 0.25) is 5.91 Å². The molecule has 2 unspecified atom stereocenters. The summed E-state index contributed by atoms with van der Waals surface area (Å²) in [5, 5.41) is 7.03. The van der Waals surface area contributed by atoms with Crippen LogP contribution in [0.25, 0.3) is 0 Å². The Morgan fingerprint density at radius 1 is 1.06 bits per heavy atom. The number of anilines is 2. The lowest BCUT2D eigenvalue weighted by Gasteiger charge is -2.40. The van der Waals surface area contributed by atoms with Crippen LogP contribution in [0.5, 0.6) is 5.75 Å². The van der Waals surface area contributed by atoms with Gasteiger partial charge in [-0.25, -0.2) is 4.98 Å². The van der Waals surface area contributed by atoms with Crippen molar-refractivity contribution in [2.75, 3.05) is 10.2 Å². The van der Waals surface area contributed by atoms with Crippen molar-refractivity contribution < 1.29 is 14.3 Å². The SMILES string of the molecule is CC(C)(Oc1ccc(Cl)cc1Cl)C(=O)NC1CC2CCC(C1)N2c1ccc(NC(=O)C2CC2)cn1. The van der Waals surface area contributed by atoms with Crippen LogP contribution in [0.15, 0.2) is 36.5 Å². The topological polar surface area (TPSA) is 83.6 Å². The molecule has 2 aromatic rings. The molecule has 1 saturated carbocycles. The van der Waals surface area contributed by atoms with Gasteiger partial charge in [0.05, 0.1) is 16.9 Å². The molecule has 186 valence electrons. The van der Waals surface area contributed by atoms with E-state index in [2.05, 4.69) is 20.5 Å². The molecule has 2 aliphatic heterocycles. The Kier molecular flexibility index (Phi) is 6.57. The van der Waals surface area contributed by atoms with Crippen molar-refractivity contribution in [1.29, 1.82) is 0 Å². The van der Waals surface area contributed by atoms with E-state index in [-0.39, 0.29) is 23.8 Å². The first-order chi connectivity index (χ1) is 16.7. The summed E-state index contributed by atoms with van der Waals surface area (Å²) in [5.41, 5.74) is -0.348. The molecule has 2 amide bonds. The molecule has 3 aliphatic rings. The summed E-state index contributed by atoms with van der Waals surface area (Å²) in [6.45, 7) is 3.48. The van der Waals surface area contributed by atoms with E-state index in [0.29, 0.717) is 27.9 Å². The van der Waals surface area contributed by atoms with E-state index < -0.39 is 5.60 Å². The molecule has 1 aliphatic carbocycles. The van der Waals surface area contributed by atoms with Gasteiger partial charge in [-0.3, -0.25) is 9.59 Å². The fourth-order valence-electron chi connectivity index (χ4n) is 5.11. The summed E-state index contributed by atoms with van der Waals surface area (Å²) in [5.74, 6) is 1.43. The van der Waals surface area contributed by atoms with Crippen molar-refractivity contribution in [3.05, 3.63) is 46.6 Å². The zero-order chi connectivity index (χ0) is 24.7. The molecule has 1 aromatic carbocycles. The van der Waals surface area contributed by atoms with Gasteiger partial charge in [0, 0.05) is 29.1 Å². The van der Waals surface area contributed by atoms with E-state index >= 15 is 0 Å². The highest BCUT2D eigenvalue weighted by Gasteiger charge is 2.43. The van der Waals surface area contributed by atoms with Crippen molar-refractivity contribution in [3.63, 3.8) is 0 Å². The Morgan fingerprint density at radius 3 is 2.37 bits per heavy atom. The number of pyridine rings is 1. The second kappa shape index (κ2) is 9.51. The summed E-state index contributed by atoms with van der Waals surface area (Å²) in [6, 6.07) is 9.57. The maximum absolute atomic E-state index is 13.1. The van der Waals surface area contributed by atoms with Crippen LogP contribution in [0.3, 0.4) is 0 Å². The molecule has 2 atom stereocenters. The number of amides is 2. The Morgan fingerprint density at radius 2 is 1.77 bits per heavy atom. The van der Waals surface area contributed by atoms with Gasteiger partial charge in [0.15, 0.2) is 5.60 Å². The first-order valence-electron chi connectivity index (χ1n) is 12.2. The Hall–Kier alpha value is -2.51. The number of carbonyl (C=O) groups is 2. The van der Waals surface area contributed by atoms with E-state index in [1.54, 1.807) is 38.2 Å². The third-order valence-electron chi connectivity index (χ3n) is 7.10. The minimum atomic E-state index is -1.09. The van der Waals surface area contributed by atoms with E-state index in [1.807, 2.05) is 12.1 Å². The number of hydrogen-bond donors (Lipinski definition) is 2. The predicted octanol–water partition coefficient (Wildman–Crippen LogP) is 5.21. The highest BCUT2D eigenvalue weighted by atomic mass is 35.5. The van der Waals surface area contributed by atoms with E-state index in [0.717, 1.165) is 50.0 Å². The van der Waals surface area contributed by atoms with Gasteiger partial charge in [0.1, 0.15) is 11.6 Å². The minimum Gasteiger partial charge on any atom is -0.476 e. The second-order valence-electron chi connectivity index (χ2n) is 10.3. The van der Waals surface area contributed by atoms with Crippen LogP contribution in [-0.2, 0) is 9.59 Å². The molecule has 35 heavy (non-hydrogen) atoms. The summed E-state index contributed by atoms with van der Waals surface area (Å²) in [7, 11) is 0. The fraction of sp³-hybridized carbons (Fsp3) is 0.500. The normalized spacial score (nSPS) is 23.7. The first kappa shape index (κ1) is 24.2. The van der Waals surface area contributed by atoms with Gasteiger partial charge in [-0.15, -0.1) is 0 Å². The molecule has 0 radical (unpaired) electrons. The van der Waals surface area contributed by atoms with Gasteiger partial charge in [0.25, 0.3) is 5.91 Å². The Labute approximate surface area is 215 Å².